The van der Waals surface area contributed by atoms with Crippen molar-refractivity contribution in [3.63, 3.8) is 0 Å². The van der Waals surface area contributed by atoms with Crippen molar-refractivity contribution in [2.45, 2.75) is 32.7 Å². The molecule has 24 heavy (non-hydrogen) atoms. The quantitative estimate of drug-likeness (QED) is 0.593. The third-order valence-corrected chi connectivity index (χ3v) is 4.20. The van der Waals surface area contributed by atoms with Crippen LogP contribution in [0.1, 0.15) is 26.7 Å². The summed E-state index contributed by atoms with van der Waals surface area (Å²) in [6, 6.07) is 6.35. The molecule has 1 aliphatic heterocycles. The minimum atomic E-state index is 0.537. The van der Waals surface area contributed by atoms with E-state index in [4.69, 9.17) is 14.5 Å². The Hall–Kier alpha value is -1.95. The van der Waals surface area contributed by atoms with Gasteiger partial charge in [0.2, 0.25) is 0 Å². The average Bonchev–Trinajstić information content (AvgIpc) is 2.98. The second-order valence-corrected chi connectivity index (χ2v) is 5.92. The average molecular weight is 334 g/mol. The predicted molar refractivity (Wildman–Crippen MR) is 99.4 cm³/mol. The zero-order valence-corrected chi connectivity index (χ0v) is 15.3. The second kappa shape index (κ2) is 9.37. The van der Waals surface area contributed by atoms with Gasteiger partial charge >= 0.3 is 0 Å². The Bertz CT molecular complexity index is 548. The molecule has 6 nitrogen and oxygen atoms in total. The first kappa shape index (κ1) is 18.4. The molecule has 1 saturated heterocycles. The largest absolute Gasteiger partial charge is 0.493 e. The van der Waals surface area contributed by atoms with Crippen LogP contribution in [0.5, 0.6) is 11.5 Å². The lowest BCUT2D eigenvalue weighted by molar-refractivity contribution is 0.311. The maximum Gasteiger partial charge on any atom is 0.195 e. The Morgan fingerprint density at radius 1 is 1.33 bits per heavy atom. The summed E-state index contributed by atoms with van der Waals surface area (Å²) in [5.74, 6) is 2.26. The summed E-state index contributed by atoms with van der Waals surface area (Å²) in [5, 5.41) is 6.65. The number of benzene rings is 1. The third kappa shape index (κ3) is 5.03. The van der Waals surface area contributed by atoms with Gasteiger partial charge in [-0.05, 0) is 52.4 Å². The third-order valence-electron chi connectivity index (χ3n) is 4.20. The summed E-state index contributed by atoms with van der Waals surface area (Å²) in [7, 11) is 3.82. The highest BCUT2D eigenvalue weighted by atomic mass is 16.5. The van der Waals surface area contributed by atoms with Gasteiger partial charge in [0.05, 0.1) is 20.3 Å². The van der Waals surface area contributed by atoms with Crippen molar-refractivity contribution in [2.24, 2.45) is 4.99 Å². The van der Waals surface area contributed by atoms with Crippen LogP contribution in [-0.4, -0.2) is 57.3 Å². The lowest BCUT2D eigenvalue weighted by Crippen LogP contribution is -2.33. The summed E-state index contributed by atoms with van der Waals surface area (Å²) in [5.41, 5.74) is 0.929. The number of aliphatic imine (C=N–C) groups is 1. The maximum absolute atomic E-state index is 5.63. The van der Waals surface area contributed by atoms with Crippen molar-refractivity contribution < 1.29 is 9.47 Å². The van der Waals surface area contributed by atoms with Crippen LogP contribution in [0.4, 0.5) is 5.69 Å². The van der Waals surface area contributed by atoms with Gasteiger partial charge in [0.25, 0.3) is 0 Å². The van der Waals surface area contributed by atoms with Crippen LogP contribution in [-0.2, 0) is 0 Å². The van der Waals surface area contributed by atoms with Crippen molar-refractivity contribution in [1.29, 1.82) is 0 Å². The van der Waals surface area contributed by atoms with Gasteiger partial charge in [-0.3, -0.25) is 4.99 Å². The van der Waals surface area contributed by atoms with Crippen LogP contribution < -0.4 is 20.1 Å². The Morgan fingerprint density at radius 2 is 2.17 bits per heavy atom. The summed E-state index contributed by atoms with van der Waals surface area (Å²) in [6.07, 6.45) is 2.48. The molecule has 1 aromatic rings. The SMILES string of the molecule is CCNC(=NCC1CCCN1C)Nc1ccc(OC)c(OCC)c1. The van der Waals surface area contributed by atoms with E-state index < -0.39 is 0 Å². The smallest absolute Gasteiger partial charge is 0.195 e. The first-order valence-corrected chi connectivity index (χ1v) is 8.74. The number of anilines is 1. The Labute approximate surface area is 145 Å². The number of nitrogens with one attached hydrogen (secondary N) is 2. The standard InChI is InChI=1S/C18H30N4O2/c1-5-19-18(20-13-15-8-7-11-22(15)3)21-14-9-10-16(23-4)17(12-14)24-6-2/h9-10,12,15H,5-8,11,13H2,1-4H3,(H2,19,20,21). The molecule has 1 aliphatic rings. The molecule has 0 spiro atoms. The van der Waals surface area contributed by atoms with Crippen LogP contribution in [0.2, 0.25) is 0 Å². The number of hydrogen-bond acceptors (Lipinski definition) is 4. The number of likely N-dealkylation sites (tertiary alicyclic amines) is 1. The topological polar surface area (TPSA) is 58.1 Å². The van der Waals surface area contributed by atoms with Gasteiger partial charge in [0.15, 0.2) is 17.5 Å². The lowest BCUT2D eigenvalue weighted by Gasteiger charge is -2.18. The molecule has 0 radical (unpaired) electrons. The minimum Gasteiger partial charge on any atom is -0.493 e. The van der Waals surface area contributed by atoms with Gasteiger partial charge < -0.3 is 25.0 Å². The van der Waals surface area contributed by atoms with E-state index in [0.29, 0.717) is 12.6 Å². The monoisotopic (exact) mass is 334 g/mol. The van der Waals surface area contributed by atoms with Crippen molar-refractivity contribution in [1.82, 2.24) is 10.2 Å². The highest BCUT2D eigenvalue weighted by Gasteiger charge is 2.20. The Kier molecular flexibility index (Phi) is 7.18. The first-order valence-electron chi connectivity index (χ1n) is 8.74. The van der Waals surface area contributed by atoms with E-state index in [0.717, 1.165) is 36.2 Å². The van der Waals surface area contributed by atoms with Gasteiger partial charge in [-0.25, -0.2) is 0 Å². The van der Waals surface area contributed by atoms with Crippen LogP contribution >= 0.6 is 0 Å². The summed E-state index contributed by atoms with van der Waals surface area (Å²) < 4.78 is 11.0. The van der Waals surface area contributed by atoms with E-state index >= 15 is 0 Å². The summed E-state index contributed by atoms with van der Waals surface area (Å²) in [6.45, 7) is 7.42. The Morgan fingerprint density at radius 3 is 2.79 bits per heavy atom. The van der Waals surface area contributed by atoms with Crippen molar-refractivity contribution in [3.8, 4) is 11.5 Å². The molecular formula is C18H30N4O2. The highest BCUT2D eigenvalue weighted by molar-refractivity contribution is 5.93. The molecule has 1 fully saturated rings. The number of methoxy groups -OCH3 is 1. The number of likely N-dealkylation sites (N-methyl/N-ethyl adjacent to an activating group) is 1. The molecule has 2 rings (SSSR count). The fourth-order valence-corrected chi connectivity index (χ4v) is 2.87. The van der Waals surface area contributed by atoms with E-state index in [1.807, 2.05) is 25.1 Å². The number of nitrogens with zero attached hydrogens (tertiary/aromatic N) is 2. The molecule has 6 heteroatoms. The number of hydrogen-bond donors (Lipinski definition) is 2. The van der Waals surface area contributed by atoms with Crippen LogP contribution in [0, 0.1) is 0 Å². The van der Waals surface area contributed by atoms with E-state index in [1.54, 1.807) is 7.11 Å². The number of rotatable bonds is 7. The highest BCUT2D eigenvalue weighted by Crippen LogP contribution is 2.30. The van der Waals surface area contributed by atoms with Crippen LogP contribution in [0.25, 0.3) is 0 Å². The molecular weight excluding hydrogens is 304 g/mol. The maximum atomic E-state index is 5.63. The number of guanidine groups is 1. The first-order chi connectivity index (χ1) is 11.7. The van der Waals surface area contributed by atoms with E-state index in [-0.39, 0.29) is 0 Å². The minimum absolute atomic E-state index is 0.537. The molecule has 2 N–H and O–H groups in total. The normalized spacial score (nSPS) is 18.5. The van der Waals surface area contributed by atoms with Gasteiger partial charge in [-0.1, -0.05) is 0 Å². The number of ether oxygens (including phenoxy) is 2. The predicted octanol–water partition coefficient (Wildman–Crippen LogP) is 2.57. The zero-order valence-electron chi connectivity index (χ0n) is 15.3. The molecule has 0 amide bonds. The molecule has 1 atom stereocenters. The Balaban J connectivity index is 2.07. The molecule has 0 bridgehead atoms. The molecule has 0 saturated carbocycles. The van der Waals surface area contributed by atoms with Gasteiger partial charge in [0, 0.05) is 24.3 Å². The van der Waals surface area contributed by atoms with Gasteiger partial charge in [-0.2, -0.15) is 0 Å². The van der Waals surface area contributed by atoms with Crippen LogP contribution in [0.15, 0.2) is 23.2 Å². The van der Waals surface area contributed by atoms with Crippen molar-refractivity contribution in [3.05, 3.63) is 18.2 Å². The molecule has 0 aliphatic carbocycles. The second-order valence-electron chi connectivity index (χ2n) is 5.92. The van der Waals surface area contributed by atoms with E-state index in [9.17, 15) is 0 Å². The van der Waals surface area contributed by atoms with Crippen molar-refractivity contribution >= 4 is 11.6 Å². The molecule has 1 heterocycles. The fourth-order valence-electron chi connectivity index (χ4n) is 2.87. The lowest BCUT2D eigenvalue weighted by atomic mass is 10.2. The van der Waals surface area contributed by atoms with Crippen LogP contribution in [0.3, 0.4) is 0 Å². The van der Waals surface area contributed by atoms with E-state index in [2.05, 4.69) is 29.5 Å². The fraction of sp³-hybridized carbons (Fsp3) is 0.611. The van der Waals surface area contributed by atoms with Gasteiger partial charge in [-0.15, -0.1) is 0 Å². The van der Waals surface area contributed by atoms with E-state index in [1.165, 1.54) is 19.4 Å². The zero-order chi connectivity index (χ0) is 17.4. The summed E-state index contributed by atoms with van der Waals surface area (Å²) in [4.78, 5) is 7.12. The van der Waals surface area contributed by atoms with Crippen molar-refractivity contribution in [2.75, 3.05) is 45.7 Å². The summed E-state index contributed by atoms with van der Waals surface area (Å²) >= 11 is 0. The molecule has 0 aromatic heterocycles. The molecule has 1 aromatic carbocycles. The molecule has 134 valence electrons. The molecule has 1 unspecified atom stereocenters. The van der Waals surface area contributed by atoms with Gasteiger partial charge in [0.1, 0.15) is 0 Å².